The summed E-state index contributed by atoms with van der Waals surface area (Å²) in [6.45, 7) is 5.90. The first kappa shape index (κ1) is 12.8. The fraction of sp³-hybridized carbons (Fsp3) is 0.538. The second kappa shape index (κ2) is 7.12. The molecule has 0 spiro atoms. The normalized spacial score (nSPS) is 10.5. The van der Waals surface area contributed by atoms with E-state index in [-0.39, 0.29) is 6.10 Å². The summed E-state index contributed by atoms with van der Waals surface area (Å²) in [6, 6.07) is 7.81. The van der Waals surface area contributed by atoms with Crippen molar-refractivity contribution in [1.29, 1.82) is 0 Å². The fourth-order valence-corrected chi connectivity index (χ4v) is 1.39. The Bertz CT molecular complexity index is 300. The molecule has 90 valence electrons. The lowest BCUT2D eigenvalue weighted by Gasteiger charge is -2.11. The maximum atomic E-state index is 5.63. The van der Waals surface area contributed by atoms with Crippen LogP contribution in [0.25, 0.3) is 0 Å². The maximum absolute atomic E-state index is 5.63. The lowest BCUT2D eigenvalue weighted by molar-refractivity contribution is -0.627. The van der Waals surface area contributed by atoms with Crippen molar-refractivity contribution >= 4 is 0 Å². The molecule has 1 aromatic rings. The predicted molar refractivity (Wildman–Crippen MR) is 65.0 cm³/mol. The highest BCUT2D eigenvalue weighted by Crippen LogP contribution is 2.20. The Labute approximate surface area is 97.8 Å². The van der Waals surface area contributed by atoms with Crippen LogP contribution in [0.1, 0.15) is 20.3 Å². The van der Waals surface area contributed by atoms with Crippen LogP contribution in [0.2, 0.25) is 0 Å². The zero-order valence-corrected chi connectivity index (χ0v) is 10.4. The first-order valence-electron chi connectivity index (χ1n) is 5.89. The number of ether oxygens (including phenoxy) is 2. The van der Waals surface area contributed by atoms with E-state index in [1.165, 1.54) is 0 Å². The van der Waals surface area contributed by atoms with Gasteiger partial charge in [0.2, 0.25) is 0 Å². The summed E-state index contributed by atoms with van der Waals surface area (Å²) >= 11 is 0. The van der Waals surface area contributed by atoms with E-state index < -0.39 is 0 Å². The SMILES string of the molecule is C[NH2+]CCCOc1cccc(OC(C)C)c1. The third-order valence-electron chi connectivity index (χ3n) is 2.08. The molecule has 0 bridgehead atoms. The molecule has 0 saturated heterocycles. The van der Waals surface area contributed by atoms with E-state index >= 15 is 0 Å². The molecule has 0 radical (unpaired) electrons. The Morgan fingerprint density at radius 1 is 1.25 bits per heavy atom. The Hall–Kier alpha value is -1.22. The van der Waals surface area contributed by atoms with Gasteiger partial charge >= 0.3 is 0 Å². The van der Waals surface area contributed by atoms with Crippen molar-refractivity contribution in [2.45, 2.75) is 26.4 Å². The van der Waals surface area contributed by atoms with Gasteiger partial charge in [-0.1, -0.05) is 6.07 Å². The largest absolute Gasteiger partial charge is 0.493 e. The molecule has 0 amide bonds. The van der Waals surface area contributed by atoms with Gasteiger partial charge in [-0.2, -0.15) is 0 Å². The highest BCUT2D eigenvalue weighted by molar-refractivity contribution is 5.32. The molecule has 0 atom stereocenters. The van der Waals surface area contributed by atoms with Crippen LogP contribution in [0.5, 0.6) is 11.5 Å². The second-order valence-electron chi connectivity index (χ2n) is 4.04. The quantitative estimate of drug-likeness (QED) is 0.711. The smallest absolute Gasteiger partial charge is 0.123 e. The minimum Gasteiger partial charge on any atom is -0.493 e. The molecule has 0 aromatic heterocycles. The van der Waals surface area contributed by atoms with E-state index in [1.807, 2.05) is 38.1 Å². The number of hydrogen-bond donors (Lipinski definition) is 1. The van der Waals surface area contributed by atoms with Gasteiger partial charge in [0.1, 0.15) is 11.5 Å². The minimum atomic E-state index is 0.199. The molecule has 0 saturated carbocycles. The highest BCUT2D eigenvalue weighted by Gasteiger charge is 2.00. The van der Waals surface area contributed by atoms with Crippen LogP contribution < -0.4 is 14.8 Å². The van der Waals surface area contributed by atoms with Gasteiger partial charge in [-0.15, -0.1) is 0 Å². The summed E-state index contributed by atoms with van der Waals surface area (Å²) in [5.41, 5.74) is 0. The molecule has 0 aliphatic carbocycles. The standard InChI is InChI=1S/C13H21NO2/c1-11(2)16-13-7-4-6-12(10-13)15-9-5-8-14-3/h4,6-7,10-11,14H,5,8-9H2,1-3H3/p+1. The van der Waals surface area contributed by atoms with Crippen LogP contribution in [-0.2, 0) is 0 Å². The van der Waals surface area contributed by atoms with E-state index in [2.05, 4.69) is 12.4 Å². The molecule has 0 aliphatic heterocycles. The molecule has 3 nitrogen and oxygen atoms in total. The average molecular weight is 224 g/mol. The molecule has 1 aromatic carbocycles. The van der Waals surface area contributed by atoms with E-state index in [4.69, 9.17) is 9.47 Å². The topological polar surface area (TPSA) is 35.1 Å². The summed E-state index contributed by atoms with van der Waals surface area (Å²) in [7, 11) is 2.07. The monoisotopic (exact) mass is 224 g/mol. The molecule has 16 heavy (non-hydrogen) atoms. The number of rotatable bonds is 7. The summed E-state index contributed by atoms with van der Waals surface area (Å²) < 4.78 is 11.2. The van der Waals surface area contributed by atoms with Crippen molar-refractivity contribution in [2.24, 2.45) is 0 Å². The number of benzene rings is 1. The van der Waals surface area contributed by atoms with Gasteiger partial charge in [-0.25, -0.2) is 0 Å². The molecule has 3 heteroatoms. The summed E-state index contributed by atoms with van der Waals surface area (Å²) in [4.78, 5) is 0. The molecular formula is C13H22NO2+. The molecular weight excluding hydrogens is 202 g/mol. The van der Waals surface area contributed by atoms with Gasteiger partial charge in [0.05, 0.1) is 26.3 Å². The Kier molecular flexibility index (Phi) is 5.72. The fourth-order valence-electron chi connectivity index (χ4n) is 1.39. The van der Waals surface area contributed by atoms with E-state index in [0.717, 1.165) is 31.1 Å². The zero-order chi connectivity index (χ0) is 11.8. The third kappa shape index (κ3) is 5.03. The van der Waals surface area contributed by atoms with Crippen LogP contribution in [0.4, 0.5) is 0 Å². The van der Waals surface area contributed by atoms with Gasteiger partial charge in [-0.05, 0) is 26.0 Å². The molecule has 0 unspecified atom stereocenters. The minimum absolute atomic E-state index is 0.199. The van der Waals surface area contributed by atoms with Gasteiger partial charge in [0.15, 0.2) is 0 Å². The van der Waals surface area contributed by atoms with Crippen molar-refractivity contribution < 1.29 is 14.8 Å². The summed E-state index contributed by atoms with van der Waals surface area (Å²) in [5, 5.41) is 2.15. The van der Waals surface area contributed by atoms with E-state index in [1.54, 1.807) is 0 Å². The summed E-state index contributed by atoms with van der Waals surface area (Å²) in [6.07, 6.45) is 1.26. The Morgan fingerprint density at radius 3 is 2.69 bits per heavy atom. The van der Waals surface area contributed by atoms with Crippen LogP contribution in [-0.4, -0.2) is 26.3 Å². The first-order valence-corrected chi connectivity index (χ1v) is 5.89. The van der Waals surface area contributed by atoms with Crippen LogP contribution in [0.3, 0.4) is 0 Å². The van der Waals surface area contributed by atoms with Crippen LogP contribution >= 0.6 is 0 Å². The second-order valence-corrected chi connectivity index (χ2v) is 4.04. The summed E-state index contributed by atoms with van der Waals surface area (Å²) in [5.74, 6) is 1.75. The van der Waals surface area contributed by atoms with Gasteiger partial charge < -0.3 is 14.8 Å². The zero-order valence-electron chi connectivity index (χ0n) is 10.4. The lowest BCUT2D eigenvalue weighted by Crippen LogP contribution is -2.79. The van der Waals surface area contributed by atoms with Crippen molar-refractivity contribution in [3.8, 4) is 11.5 Å². The highest BCUT2D eigenvalue weighted by atomic mass is 16.5. The van der Waals surface area contributed by atoms with Gasteiger partial charge in [-0.3, -0.25) is 0 Å². The number of hydrogen-bond acceptors (Lipinski definition) is 2. The Balaban J connectivity index is 2.41. The van der Waals surface area contributed by atoms with E-state index in [0.29, 0.717) is 0 Å². The molecule has 0 aliphatic rings. The van der Waals surface area contributed by atoms with Crippen molar-refractivity contribution in [3.63, 3.8) is 0 Å². The molecule has 0 heterocycles. The van der Waals surface area contributed by atoms with Crippen LogP contribution in [0.15, 0.2) is 24.3 Å². The lowest BCUT2D eigenvalue weighted by atomic mass is 10.3. The van der Waals surface area contributed by atoms with Gasteiger partial charge in [0.25, 0.3) is 0 Å². The number of nitrogens with two attached hydrogens (primary N) is 1. The van der Waals surface area contributed by atoms with E-state index in [9.17, 15) is 0 Å². The maximum Gasteiger partial charge on any atom is 0.123 e. The molecule has 1 rings (SSSR count). The van der Waals surface area contributed by atoms with Crippen LogP contribution in [0, 0.1) is 0 Å². The van der Waals surface area contributed by atoms with Gasteiger partial charge in [0, 0.05) is 12.5 Å². The first-order chi connectivity index (χ1) is 7.72. The molecule has 0 fully saturated rings. The van der Waals surface area contributed by atoms with Crippen molar-refractivity contribution in [3.05, 3.63) is 24.3 Å². The third-order valence-corrected chi connectivity index (χ3v) is 2.08. The Morgan fingerprint density at radius 2 is 2.00 bits per heavy atom. The number of quaternary nitrogens is 1. The van der Waals surface area contributed by atoms with Crippen molar-refractivity contribution in [2.75, 3.05) is 20.2 Å². The average Bonchev–Trinajstić information content (AvgIpc) is 2.24. The van der Waals surface area contributed by atoms with Crippen molar-refractivity contribution in [1.82, 2.24) is 0 Å². The predicted octanol–water partition coefficient (Wildman–Crippen LogP) is 1.44. The molecule has 2 N–H and O–H groups in total.